The minimum absolute atomic E-state index is 0.0714. The van der Waals surface area contributed by atoms with Crippen LogP contribution < -0.4 is 5.32 Å². The maximum absolute atomic E-state index is 11.9. The third-order valence-corrected chi connectivity index (χ3v) is 6.00. The van der Waals surface area contributed by atoms with E-state index >= 15 is 0 Å². The fraction of sp³-hybridized carbons (Fsp3) is 0.483. The highest BCUT2D eigenvalue weighted by atomic mass is 16.5. The Hall–Kier alpha value is -3.15. The molecule has 0 aliphatic carbocycles. The predicted octanol–water partition coefficient (Wildman–Crippen LogP) is 5.41. The highest BCUT2D eigenvalue weighted by Gasteiger charge is 2.34. The molecule has 2 aromatic rings. The largest absolute Gasteiger partial charge is 0.463 e. The van der Waals surface area contributed by atoms with E-state index in [1.165, 1.54) is 57.6 Å². The van der Waals surface area contributed by atoms with Crippen molar-refractivity contribution in [2.75, 3.05) is 13.2 Å². The topological polar surface area (TPSA) is 81.7 Å². The first-order valence-electron chi connectivity index (χ1n) is 12.5. The molecule has 0 aliphatic rings. The number of ether oxygens (including phenoxy) is 2. The lowest BCUT2D eigenvalue weighted by atomic mass is 9.91. The molecule has 0 heterocycles. The molecular weight excluding hydrogens is 442 g/mol. The fourth-order valence-electron chi connectivity index (χ4n) is 4.04. The maximum atomic E-state index is 11.9. The molecule has 0 aromatic heterocycles. The Morgan fingerprint density at radius 2 is 1.20 bits per heavy atom. The van der Waals surface area contributed by atoms with Crippen molar-refractivity contribution >= 4 is 17.8 Å². The first-order chi connectivity index (χ1) is 16.7. The summed E-state index contributed by atoms with van der Waals surface area (Å²) in [5, 5.41) is 2.84. The third-order valence-electron chi connectivity index (χ3n) is 6.00. The number of hydrogen-bond donors (Lipinski definition) is 1. The number of carbonyl (C=O) groups is 3. The van der Waals surface area contributed by atoms with Crippen LogP contribution in [0.3, 0.4) is 0 Å². The zero-order valence-electron chi connectivity index (χ0n) is 21.5. The zero-order valence-corrected chi connectivity index (χ0v) is 21.5. The quantitative estimate of drug-likeness (QED) is 0.288. The number of hydrogen-bond acceptors (Lipinski definition) is 5. The first-order valence-corrected chi connectivity index (χ1v) is 12.5. The van der Waals surface area contributed by atoms with Gasteiger partial charge in [-0.25, -0.2) is 0 Å². The van der Waals surface area contributed by atoms with Gasteiger partial charge in [-0.3, -0.25) is 14.4 Å². The van der Waals surface area contributed by atoms with Crippen LogP contribution in [0.25, 0.3) is 11.1 Å². The molecule has 35 heavy (non-hydrogen) atoms. The van der Waals surface area contributed by atoms with Crippen LogP contribution in [0.15, 0.2) is 48.5 Å². The van der Waals surface area contributed by atoms with Crippen LogP contribution in [0.2, 0.25) is 0 Å². The van der Waals surface area contributed by atoms with Gasteiger partial charge in [-0.05, 0) is 47.9 Å². The van der Waals surface area contributed by atoms with Gasteiger partial charge in [0, 0.05) is 20.8 Å². The van der Waals surface area contributed by atoms with Gasteiger partial charge >= 0.3 is 11.9 Å². The van der Waals surface area contributed by atoms with E-state index < -0.39 is 17.5 Å². The molecule has 0 spiro atoms. The molecule has 0 saturated carbocycles. The standard InChI is InChI=1S/C29H39NO5/c1-5-6-7-8-9-25-10-14-27(15-11-25)28-16-12-26(13-17-28)18-19-29(30-22(2)31,20-34-23(3)32)21-35-24(4)33/h10-17H,5-9,18-21H2,1-4H3,(H,30,31). The van der Waals surface area contributed by atoms with Crippen LogP contribution in [-0.4, -0.2) is 36.6 Å². The smallest absolute Gasteiger partial charge is 0.302 e. The van der Waals surface area contributed by atoms with Gasteiger partial charge in [0.1, 0.15) is 18.8 Å². The monoisotopic (exact) mass is 481 g/mol. The molecule has 6 nitrogen and oxygen atoms in total. The van der Waals surface area contributed by atoms with Gasteiger partial charge in [0.25, 0.3) is 0 Å². The van der Waals surface area contributed by atoms with Crippen molar-refractivity contribution in [1.29, 1.82) is 0 Å². The van der Waals surface area contributed by atoms with Crippen molar-refractivity contribution in [2.24, 2.45) is 0 Å². The lowest BCUT2D eigenvalue weighted by Crippen LogP contribution is -2.55. The van der Waals surface area contributed by atoms with E-state index in [1.54, 1.807) is 0 Å². The first kappa shape index (κ1) is 28.1. The summed E-state index contributed by atoms with van der Waals surface area (Å²) < 4.78 is 10.4. The van der Waals surface area contributed by atoms with Crippen LogP contribution >= 0.6 is 0 Å². The normalized spacial score (nSPS) is 11.1. The van der Waals surface area contributed by atoms with Crippen molar-refractivity contribution in [3.8, 4) is 11.1 Å². The van der Waals surface area contributed by atoms with E-state index in [2.05, 4.69) is 60.8 Å². The summed E-state index contributed by atoms with van der Waals surface area (Å²) in [7, 11) is 0. The van der Waals surface area contributed by atoms with Crippen LogP contribution in [0.4, 0.5) is 0 Å². The number of unbranched alkanes of at least 4 members (excludes halogenated alkanes) is 3. The Labute approximate surface area is 209 Å². The summed E-state index contributed by atoms with van der Waals surface area (Å²) >= 11 is 0. The predicted molar refractivity (Wildman–Crippen MR) is 138 cm³/mol. The number of rotatable bonds is 14. The Morgan fingerprint density at radius 3 is 1.63 bits per heavy atom. The SMILES string of the molecule is CCCCCCc1ccc(-c2ccc(CCC(COC(C)=O)(COC(C)=O)NC(C)=O)cc2)cc1. The Balaban J connectivity index is 2.05. The second kappa shape index (κ2) is 14.3. The van der Waals surface area contributed by atoms with Crippen molar-refractivity contribution in [1.82, 2.24) is 5.32 Å². The van der Waals surface area contributed by atoms with Gasteiger partial charge in [-0.15, -0.1) is 0 Å². The Kier molecular flexibility index (Phi) is 11.5. The van der Waals surface area contributed by atoms with Crippen molar-refractivity contribution in [2.45, 2.75) is 78.2 Å². The number of amides is 1. The van der Waals surface area contributed by atoms with E-state index in [-0.39, 0.29) is 19.1 Å². The third kappa shape index (κ3) is 10.3. The highest BCUT2D eigenvalue weighted by molar-refractivity contribution is 5.74. The molecule has 0 aliphatic heterocycles. The number of carbonyl (C=O) groups excluding carboxylic acids is 3. The molecule has 0 fully saturated rings. The summed E-state index contributed by atoms with van der Waals surface area (Å²) in [6.45, 7) is 6.09. The summed E-state index contributed by atoms with van der Waals surface area (Å²) in [6.07, 6.45) is 7.24. The van der Waals surface area contributed by atoms with Gasteiger partial charge in [-0.2, -0.15) is 0 Å². The average molecular weight is 482 g/mol. The van der Waals surface area contributed by atoms with E-state index in [9.17, 15) is 14.4 Å². The molecule has 1 N–H and O–H groups in total. The summed E-state index contributed by atoms with van der Waals surface area (Å²) in [5.74, 6) is -1.20. The fourth-order valence-corrected chi connectivity index (χ4v) is 4.04. The average Bonchev–Trinajstić information content (AvgIpc) is 2.83. The van der Waals surface area contributed by atoms with Gasteiger partial charge < -0.3 is 14.8 Å². The van der Waals surface area contributed by atoms with Gasteiger partial charge in [-0.1, -0.05) is 74.7 Å². The summed E-state index contributed by atoms with van der Waals surface area (Å²) in [4.78, 5) is 34.7. The molecule has 1 amide bonds. The Bertz CT molecular complexity index is 932. The number of aryl methyl sites for hydroxylation is 2. The number of nitrogens with one attached hydrogen (secondary N) is 1. The molecule has 0 unspecified atom stereocenters. The van der Waals surface area contributed by atoms with E-state index in [0.29, 0.717) is 12.8 Å². The van der Waals surface area contributed by atoms with Gasteiger partial charge in [0.05, 0.1) is 0 Å². The van der Waals surface area contributed by atoms with E-state index in [0.717, 1.165) is 17.5 Å². The second-order valence-corrected chi connectivity index (χ2v) is 9.23. The van der Waals surface area contributed by atoms with Crippen LogP contribution in [0.1, 0.15) is 70.9 Å². The zero-order chi connectivity index (χ0) is 25.7. The number of benzene rings is 2. The second-order valence-electron chi connectivity index (χ2n) is 9.23. The summed E-state index contributed by atoms with van der Waals surface area (Å²) in [6, 6.07) is 17.1. The van der Waals surface area contributed by atoms with E-state index in [1.807, 2.05) is 0 Å². The van der Waals surface area contributed by atoms with Crippen LogP contribution in [0, 0.1) is 0 Å². The van der Waals surface area contributed by atoms with Crippen molar-refractivity contribution in [3.63, 3.8) is 0 Å². The lowest BCUT2D eigenvalue weighted by molar-refractivity contribution is -0.150. The van der Waals surface area contributed by atoms with Crippen LogP contribution in [-0.2, 0) is 36.7 Å². The molecule has 2 rings (SSSR count). The number of esters is 2. The molecular formula is C29H39NO5. The molecule has 0 bridgehead atoms. The minimum atomic E-state index is -0.991. The summed E-state index contributed by atoms with van der Waals surface area (Å²) in [5.41, 5.74) is 3.76. The maximum Gasteiger partial charge on any atom is 0.302 e. The molecule has 0 atom stereocenters. The molecule has 0 saturated heterocycles. The molecule has 6 heteroatoms. The minimum Gasteiger partial charge on any atom is -0.463 e. The van der Waals surface area contributed by atoms with E-state index in [4.69, 9.17) is 9.47 Å². The van der Waals surface area contributed by atoms with Crippen molar-refractivity contribution in [3.05, 3.63) is 59.7 Å². The van der Waals surface area contributed by atoms with Gasteiger partial charge in [0.2, 0.25) is 5.91 Å². The van der Waals surface area contributed by atoms with Gasteiger partial charge in [0.15, 0.2) is 0 Å². The molecule has 2 aromatic carbocycles. The van der Waals surface area contributed by atoms with Crippen molar-refractivity contribution < 1.29 is 23.9 Å². The van der Waals surface area contributed by atoms with Crippen LogP contribution in [0.5, 0.6) is 0 Å². The Morgan fingerprint density at radius 1 is 0.714 bits per heavy atom. The highest BCUT2D eigenvalue weighted by Crippen LogP contribution is 2.23. The molecule has 0 radical (unpaired) electrons. The lowest BCUT2D eigenvalue weighted by Gasteiger charge is -2.33. The molecule has 190 valence electrons.